The van der Waals surface area contributed by atoms with Gasteiger partial charge in [0, 0.05) is 37.1 Å². The van der Waals surface area contributed by atoms with Gasteiger partial charge in [-0.25, -0.2) is 0 Å². The monoisotopic (exact) mass is 285 g/mol. The Balaban J connectivity index is 2.21. The smallest absolute Gasteiger partial charge is 0.304 e. The van der Waals surface area contributed by atoms with Gasteiger partial charge in [-0.3, -0.25) is 10.1 Å². The zero-order valence-electron chi connectivity index (χ0n) is 11.2. The van der Waals surface area contributed by atoms with Crippen LogP contribution < -0.4 is 4.90 Å². The predicted molar refractivity (Wildman–Crippen MR) is 75.9 cm³/mol. The van der Waals surface area contributed by atoms with E-state index in [9.17, 15) is 15.2 Å². The minimum Gasteiger partial charge on any atom is -0.388 e. The molecule has 2 heterocycles. The Labute approximate surface area is 116 Å². The molecule has 0 spiro atoms. The SMILES string of the molecule is CCN1CCN(c2sc([C@@H](C)O)cc2[N+](=O)[O-])CC1. The number of nitro groups is 1. The Kier molecular flexibility index (Phi) is 4.38. The highest BCUT2D eigenvalue weighted by Gasteiger charge is 2.27. The predicted octanol–water partition coefficient (Wildman–Crippen LogP) is 1.85. The Morgan fingerprint density at radius 1 is 1.47 bits per heavy atom. The van der Waals surface area contributed by atoms with Crippen molar-refractivity contribution in [2.24, 2.45) is 0 Å². The van der Waals surface area contributed by atoms with E-state index >= 15 is 0 Å². The molecule has 1 aliphatic heterocycles. The molecule has 0 amide bonds. The first-order valence-corrected chi connectivity index (χ1v) is 7.28. The Bertz CT molecular complexity index is 453. The van der Waals surface area contributed by atoms with Crippen molar-refractivity contribution < 1.29 is 10.0 Å². The van der Waals surface area contributed by atoms with E-state index in [0.717, 1.165) is 32.7 Å². The van der Waals surface area contributed by atoms with Crippen LogP contribution in [0.5, 0.6) is 0 Å². The topological polar surface area (TPSA) is 69.8 Å². The molecule has 6 nitrogen and oxygen atoms in total. The standard InChI is InChI=1S/C12H19N3O3S/c1-3-13-4-6-14(7-5-13)12-10(15(17)18)8-11(19-12)9(2)16/h8-9,16H,3-7H2,1-2H3/t9-/m1/s1. The summed E-state index contributed by atoms with van der Waals surface area (Å²) in [6.07, 6.45) is -0.658. The van der Waals surface area contributed by atoms with E-state index in [1.54, 1.807) is 6.92 Å². The first-order chi connectivity index (χ1) is 9.02. The van der Waals surface area contributed by atoms with Gasteiger partial charge in [0.1, 0.15) is 0 Å². The second-order valence-corrected chi connectivity index (χ2v) is 5.76. The molecule has 1 aromatic heterocycles. The number of likely N-dealkylation sites (N-methyl/N-ethyl adjacent to an activating group) is 1. The van der Waals surface area contributed by atoms with Gasteiger partial charge >= 0.3 is 5.69 Å². The normalized spacial score (nSPS) is 18.6. The first kappa shape index (κ1) is 14.2. The highest BCUT2D eigenvalue weighted by Crippen LogP contribution is 2.40. The van der Waals surface area contributed by atoms with E-state index in [2.05, 4.69) is 16.7 Å². The van der Waals surface area contributed by atoms with Crippen LogP contribution in [0.3, 0.4) is 0 Å². The molecule has 1 aliphatic rings. The lowest BCUT2D eigenvalue weighted by molar-refractivity contribution is -0.383. The largest absolute Gasteiger partial charge is 0.388 e. The lowest BCUT2D eigenvalue weighted by atomic mass is 10.3. The van der Waals surface area contributed by atoms with Crippen molar-refractivity contribution in [2.45, 2.75) is 20.0 Å². The van der Waals surface area contributed by atoms with Crippen LogP contribution in [0, 0.1) is 10.1 Å². The molecule has 0 bridgehead atoms. The maximum absolute atomic E-state index is 11.1. The molecule has 0 unspecified atom stereocenters. The van der Waals surface area contributed by atoms with Crippen LogP contribution in [0.1, 0.15) is 24.8 Å². The molecule has 1 atom stereocenters. The molecule has 1 saturated heterocycles. The highest BCUT2D eigenvalue weighted by molar-refractivity contribution is 7.16. The molecule has 106 valence electrons. The molecule has 1 aromatic rings. The molecule has 0 radical (unpaired) electrons. The minimum absolute atomic E-state index is 0.117. The quantitative estimate of drug-likeness (QED) is 0.675. The Morgan fingerprint density at radius 3 is 2.58 bits per heavy atom. The summed E-state index contributed by atoms with van der Waals surface area (Å²) in [6.45, 7) is 8.22. The molecule has 0 saturated carbocycles. The van der Waals surface area contributed by atoms with Gasteiger partial charge in [-0.15, -0.1) is 11.3 Å². The van der Waals surface area contributed by atoms with Gasteiger partial charge in [-0.05, 0) is 13.5 Å². The fourth-order valence-electron chi connectivity index (χ4n) is 2.22. The summed E-state index contributed by atoms with van der Waals surface area (Å²) in [6, 6.07) is 1.50. The molecule has 2 rings (SSSR count). The van der Waals surface area contributed by atoms with Crippen molar-refractivity contribution in [1.29, 1.82) is 0 Å². The fraction of sp³-hybridized carbons (Fsp3) is 0.667. The Hall–Kier alpha value is -1.18. The van der Waals surface area contributed by atoms with E-state index in [-0.39, 0.29) is 10.6 Å². The summed E-state index contributed by atoms with van der Waals surface area (Å²) < 4.78 is 0. The molecule has 19 heavy (non-hydrogen) atoms. The van der Waals surface area contributed by atoms with Gasteiger partial charge in [0.2, 0.25) is 0 Å². The maximum atomic E-state index is 11.1. The number of anilines is 1. The molecular weight excluding hydrogens is 266 g/mol. The average molecular weight is 285 g/mol. The highest BCUT2D eigenvalue weighted by atomic mass is 32.1. The third-order valence-electron chi connectivity index (χ3n) is 3.43. The van der Waals surface area contributed by atoms with Gasteiger partial charge in [-0.1, -0.05) is 6.92 Å². The number of rotatable bonds is 4. The fourth-order valence-corrected chi connectivity index (χ4v) is 3.33. The lowest BCUT2D eigenvalue weighted by Crippen LogP contribution is -2.46. The molecule has 1 fully saturated rings. The maximum Gasteiger partial charge on any atom is 0.304 e. The van der Waals surface area contributed by atoms with Crippen molar-refractivity contribution in [3.05, 3.63) is 21.1 Å². The minimum atomic E-state index is -0.658. The van der Waals surface area contributed by atoms with Gasteiger partial charge in [0.15, 0.2) is 5.00 Å². The van der Waals surface area contributed by atoms with E-state index in [1.807, 2.05) is 0 Å². The van der Waals surface area contributed by atoms with Crippen LogP contribution in [-0.4, -0.2) is 47.7 Å². The van der Waals surface area contributed by atoms with Crippen LogP contribution in [0.15, 0.2) is 6.07 Å². The summed E-state index contributed by atoms with van der Waals surface area (Å²) in [5, 5.41) is 21.4. The van der Waals surface area contributed by atoms with Crippen molar-refractivity contribution in [3.8, 4) is 0 Å². The van der Waals surface area contributed by atoms with Gasteiger partial charge < -0.3 is 14.9 Å². The number of aliphatic hydroxyl groups excluding tert-OH is 1. The lowest BCUT2D eigenvalue weighted by Gasteiger charge is -2.34. The van der Waals surface area contributed by atoms with Crippen molar-refractivity contribution in [3.63, 3.8) is 0 Å². The molecule has 0 aromatic carbocycles. The van der Waals surface area contributed by atoms with Crippen LogP contribution in [0.25, 0.3) is 0 Å². The number of aliphatic hydroxyl groups is 1. The van der Waals surface area contributed by atoms with Crippen LogP contribution in [0.2, 0.25) is 0 Å². The van der Waals surface area contributed by atoms with Crippen molar-refractivity contribution >= 4 is 22.0 Å². The third-order valence-corrected chi connectivity index (χ3v) is 4.78. The molecule has 1 N–H and O–H groups in total. The zero-order valence-corrected chi connectivity index (χ0v) is 12.0. The van der Waals surface area contributed by atoms with Gasteiger partial charge in [0.05, 0.1) is 11.0 Å². The Morgan fingerprint density at radius 2 is 2.11 bits per heavy atom. The second kappa shape index (κ2) is 5.85. The van der Waals surface area contributed by atoms with Gasteiger partial charge in [-0.2, -0.15) is 0 Å². The zero-order chi connectivity index (χ0) is 14.0. The van der Waals surface area contributed by atoms with E-state index < -0.39 is 6.10 Å². The number of thiophene rings is 1. The van der Waals surface area contributed by atoms with Crippen LogP contribution in [0.4, 0.5) is 10.7 Å². The van der Waals surface area contributed by atoms with Crippen molar-refractivity contribution in [2.75, 3.05) is 37.6 Å². The van der Waals surface area contributed by atoms with Crippen LogP contribution >= 0.6 is 11.3 Å². The van der Waals surface area contributed by atoms with Gasteiger partial charge in [0.25, 0.3) is 0 Å². The molecule has 0 aliphatic carbocycles. The van der Waals surface area contributed by atoms with E-state index in [1.165, 1.54) is 17.4 Å². The summed E-state index contributed by atoms with van der Waals surface area (Å²) in [7, 11) is 0. The first-order valence-electron chi connectivity index (χ1n) is 6.46. The van der Waals surface area contributed by atoms with Crippen LogP contribution in [-0.2, 0) is 0 Å². The number of nitrogens with zero attached hydrogens (tertiary/aromatic N) is 3. The van der Waals surface area contributed by atoms with E-state index in [0.29, 0.717) is 9.88 Å². The average Bonchev–Trinajstić information content (AvgIpc) is 2.84. The summed E-state index contributed by atoms with van der Waals surface area (Å²) in [5.74, 6) is 0. The van der Waals surface area contributed by atoms with Crippen molar-refractivity contribution in [1.82, 2.24) is 4.90 Å². The molecule has 7 heteroatoms. The number of hydrogen-bond donors (Lipinski definition) is 1. The summed E-state index contributed by atoms with van der Waals surface area (Å²) >= 11 is 1.33. The number of piperazine rings is 1. The molecular formula is C12H19N3O3S. The van der Waals surface area contributed by atoms with E-state index in [4.69, 9.17) is 0 Å². The third kappa shape index (κ3) is 3.05. The summed E-state index contributed by atoms with van der Waals surface area (Å²) in [5.41, 5.74) is 0.117. The summed E-state index contributed by atoms with van der Waals surface area (Å²) in [4.78, 5) is 15.8. The number of hydrogen-bond acceptors (Lipinski definition) is 6. The second-order valence-electron chi connectivity index (χ2n) is 4.69.